The monoisotopic (exact) mass is 340 g/mol. The van der Waals surface area contributed by atoms with Crippen molar-refractivity contribution in [3.05, 3.63) is 70.7 Å². The maximum Gasteiger partial charge on any atom is 0.134 e. The van der Waals surface area contributed by atoms with Gasteiger partial charge in [0.05, 0.1) is 0 Å². The zero-order valence-electron chi connectivity index (χ0n) is 11.1. The SMILES string of the molecule is N=C(N)c1ccc(-c2ccc(-c3ccc(Br)cc3)o2)cc1. The van der Waals surface area contributed by atoms with Crippen LogP contribution in [0.5, 0.6) is 0 Å². The molecule has 0 unspecified atom stereocenters. The van der Waals surface area contributed by atoms with Gasteiger partial charge in [-0.25, -0.2) is 0 Å². The average molecular weight is 341 g/mol. The molecule has 0 aliphatic heterocycles. The number of rotatable bonds is 3. The van der Waals surface area contributed by atoms with Gasteiger partial charge in [0.15, 0.2) is 0 Å². The Bertz CT molecular complexity index is 773. The molecular weight excluding hydrogens is 328 g/mol. The molecule has 3 aromatic rings. The van der Waals surface area contributed by atoms with Gasteiger partial charge in [-0.2, -0.15) is 0 Å². The molecule has 3 rings (SSSR count). The minimum absolute atomic E-state index is 0.0662. The second kappa shape index (κ2) is 5.58. The second-order valence-electron chi connectivity index (χ2n) is 4.66. The highest BCUT2D eigenvalue weighted by Gasteiger charge is 2.07. The Kier molecular flexibility index (Phi) is 3.62. The van der Waals surface area contributed by atoms with E-state index in [1.54, 1.807) is 0 Å². The van der Waals surface area contributed by atoms with Crippen LogP contribution in [0.3, 0.4) is 0 Å². The van der Waals surface area contributed by atoms with E-state index >= 15 is 0 Å². The minimum atomic E-state index is 0.0662. The fourth-order valence-electron chi connectivity index (χ4n) is 2.08. The Balaban J connectivity index is 1.90. The number of nitrogens with one attached hydrogen (secondary N) is 1. The van der Waals surface area contributed by atoms with E-state index in [4.69, 9.17) is 15.6 Å². The van der Waals surface area contributed by atoms with Crippen LogP contribution >= 0.6 is 15.9 Å². The number of halogens is 1. The van der Waals surface area contributed by atoms with Crippen molar-refractivity contribution in [2.45, 2.75) is 0 Å². The molecule has 1 aromatic heterocycles. The molecule has 0 saturated carbocycles. The first-order valence-electron chi connectivity index (χ1n) is 6.44. The van der Waals surface area contributed by atoms with Crippen molar-refractivity contribution in [1.82, 2.24) is 0 Å². The molecule has 104 valence electrons. The molecule has 0 fully saturated rings. The molecule has 4 heteroatoms. The van der Waals surface area contributed by atoms with Gasteiger partial charge in [-0.1, -0.05) is 52.3 Å². The number of nitrogens with two attached hydrogens (primary N) is 1. The molecule has 21 heavy (non-hydrogen) atoms. The largest absolute Gasteiger partial charge is 0.456 e. The molecule has 0 spiro atoms. The summed E-state index contributed by atoms with van der Waals surface area (Å²) in [6.45, 7) is 0. The summed E-state index contributed by atoms with van der Waals surface area (Å²) in [5, 5.41) is 7.39. The summed E-state index contributed by atoms with van der Waals surface area (Å²) in [6.07, 6.45) is 0. The number of hydrogen-bond donors (Lipinski definition) is 2. The number of amidine groups is 1. The third kappa shape index (κ3) is 2.90. The van der Waals surface area contributed by atoms with Crippen molar-refractivity contribution in [1.29, 1.82) is 5.41 Å². The quantitative estimate of drug-likeness (QED) is 0.538. The van der Waals surface area contributed by atoms with Crippen molar-refractivity contribution >= 4 is 21.8 Å². The molecule has 0 aliphatic rings. The molecule has 3 N–H and O–H groups in total. The van der Waals surface area contributed by atoms with Gasteiger partial charge in [-0.05, 0) is 24.3 Å². The predicted octanol–water partition coefficient (Wildman–Crippen LogP) is 4.66. The molecule has 0 radical (unpaired) electrons. The van der Waals surface area contributed by atoms with E-state index in [-0.39, 0.29) is 5.84 Å². The maximum atomic E-state index is 7.39. The minimum Gasteiger partial charge on any atom is -0.456 e. The number of hydrogen-bond acceptors (Lipinski definition) is 2. The van der Waals surface area contributed by atoms with E-state index in [2.05, 4.69) is 15.9 Å². The first kappa shape index (κ1) is 13.6. The van der Waals surface area contributed by atoms with Crippen LogP contribution in [0.4, 0.5) is 0 Å². The predicted molar refractivity (Wildman–Crippen MR) is 88.3 cm³/mol. The van der Waals surface area contributed by atoms with E-state index in [1.165, 1.54) is 0 Å². The van der Waals surface area contributed by atoms with E-state index in [0.29, 0.717) is 5.56 Å². The van der Waals surface area contributed by atoms with Crippen LogP contribution in [0.1, 0.15) is 5.56 Å². The smallest absolute Gasteiger partial charge is 0.134 e. The van der Waals surface area contributed by atoms with Crippen molar-refractivity contribution in [2.75, 3.05) is 0 Å². The van der Waals surface area contributed by atoms with Crippen LogP contribution in [0, 0.1) is 5.41 Å². The van der Waals surface area contributed by atoms with Gasteiger partial charge < -0.3 is 10.2 Å². The van der Waals surface area contributed by atoms with E-state index in [1.807, 2.05) is 60.7 Å². The normalized spacial score (nSPS) is 10.5. The highest BCUT2D eigenvalue weighted by molar-refractivity contribution is 9.10. The molecule has 0 aliphatic carbocycles. The number of nitrogen functional groups attached to an aromatic ring is 1. The number of benzene rings is 2. The van der Waals surface area contributed by atoms with Gasteiger partial charge in [0.1, 0.15) is 17.4 Å². The van der Waals surface area contributed by atoms with Crippen molar-refractivity contribution in [2.24, 2.45) is 5.73 Å². The van der Waals surface area contributed by atoms with Crippen molar-refractivity contribution < 1.29 is 4.42 Å². The van der Waals surface area contributed by atoms with Gasteiger partial charge >= 0.3 is 0 Å². The molecule has 0 saturated heterocycles. The summed E-state index contributed by atoms with van der Waals surface area (Å²) >= 11 is 3.42. The highest BCUT2D eigenvalue weighted by Crippen LogP contribution is 2.29. The third-order valence-electron chi connectivity index (χ3n) is 3.22. The molecule has 0 amide bonds. The summed E-state index contributed by atoms with van der Waals surface area (Å²) in [7, 11) is 0. The topological polar surface area (TPSA) is 63.0 Å². The van der Waals surface area contributed by atoms with Crippen LogP contribution < -0.4 is 5.73 Å². The lowest BCUT2D eigenvalue weighted by Gasteiger charge is -2.01. The lowest BCUT2D eigenvalue weighted by molar-refractivity contribution is 0.597. The van der Waals surface area contributed by atoms with Gasteiger partial charge in [-0.3, -0.25) is 5.41 Å². The van der Waals surface area contributed by atoms with Crippen LogP contribution in [0.2, 0.25) is 0 Å². The Morgan fingerprint density at radius 3 is 1.76 bits per heavy atom. The van der Waals surface area contributed by atoms with Gasteiger partial charge in [0, 0.05) is 21.2 Å². The number of furan rings is 1. The van der Waals surface area contributed by atoms with Crippen LogP contribution in [0.25, 0.3) is 22.6 Å². The first-order chi connectivity index (χ1) is 10.1. The zero-order chi connectivity index (χ0) is 14.8. The van der Waals surface area contributed by atoms with Gasteiger partial charge in [-0.15, -0.1) is 0 Å². The second-order valence-corrected chi connectivity index (χ2v) is 5.58. The van der Waals surface area contributed by atoms with E-state index < -0.39 is 0 Å². The van der Waals surface area contributed by atoms with Gasteiger partial charge in [0.25, 0.3) is 0 Å². The molecule has 1 heterocycles. The average Bonchev–Trinajstić information content (AvgIpc) is 2.98. The van der Waals surface area contributed by atoms with Gasteiger partial charge in [0.2, 0.25) is 0 Å². The highest BCUT2D eigenvalue weighted by atomic mass is 79.9. The van der Waals surface area contributed by atoms with E-state index in [0.717, 1.165) is 27.1 Å². The standard InChI is InChI=1S/C17H13BrN2O/c18-14-7-5-12(6-8-14)16-10-9-15(21-16)11-1-3-13(4-2-11)17(19)20/h1-10H,(H3,19,20). The molecular formula is C17H13BrN2O. The van der Waals surface area contributed by atoms with Crippen LogP contribution in [0.15, 0.2) is 69.6 Å². The van der Waals surface area contributed by atoms with Crippen LogP contribution in [-0.4, -0.2) is 5.84 Å². The Morgan fingerprint density at radius 1 is 0.810 bits per heavy atom. The van der Waals surface area contributed by atoms with Crippen LogP contribution in [-0.2, 0) is 0 Å². The maximum absolute atomic E-state index is 7.39. The molecule has 3 nitrogen and oxygen atoms in total. The summed E-state index contributed by atoms with van der Waals surface area (Å²) in [5.41, 5.74) is 8.15. The summed E-state index contributed by atoms with van der Waals surface area (Å²) < 4.78 is 6.94. The summed E-state index contributed by atoms with van der Waals surface area (Å²) in [6, 6.07) is 19.3. The first-order valence-corrected chi connectivity index (χ1v) is 7.23. The van der Waals surface area contributed by atoms with E-state index in [9.17, 15) is 0 Å². The summed E-state index contributed by atoms with van der Waals surface area (Å²) in [4.78, 5) is 0. The lowest BCUT2D eigenvalue weighted by Crippen LogP contribution is -2.10. The lowest BCUT2D eigenvalue weighted by atomic mass is 10.1. The Morgan fingerprint density at radius 2 is 1.29 bits per heavy atom. The third-order valence-corrected chi connectivity index (χ3v) is 3.74. The van der Waals surface area contributed by atoms with Crippen molar-refractivity contribution in [3.63, 3.8) is 0 Å². The Hall–Kier alpha value is -2.33. The molecule has 0 atom stereocenters. The molecule has 2 aromatic carbocycles. The fraction of sp³-hybridized carbons (Fsp3) is 0. The fourth-order valence-corrected chi connectivity index (χ4v) is 2.34. The Labute approximate surface area is 131 Å². The van der Waals surface area contributed by atoms with Crippen molar-refractivity contribution in [3.8, 4) is 22.6 Å². The zero-order valence-corrected chi connectivity index (χ0v) is 12.7. The summed E-state index contributed by atoms with van der Waals surface area (Å²) in [5.74, 6) is 1.69. The molecule has 0 bridgehead atoms.